The minimum Gasteiger partial charge on any atom is -0.454 e. The van der Waals surface area contributed by atoms with E-state index in [1.807, 2.05) is 26.0 Å². The molecule has 3 aromatic carbocycles. The Hall–Kier alpha value is -3.32. The number of carbonyl (C=O) groups excluding carboxylic acids is 1. The minimum atomic E-state index is -3.77. The van der Waals surface area contributed by atoms with E-state index in [0.717, 1.165) is 17.5 Å². The first-order valence-electron chi connectivity index (χ1n) is 9.21. The molecule has 0 fully saturated rings. The molecule has 0 bridgehead atoms. The monoisotopic (exact) mass is 408 g/mol. The zero-order valence-electron chi connectivity index (χ0n) is 16.0. The highest BCUT2D eigenvalue weighted by molar-refractivity contribution is 7.92. The summed E-state index contributed by atoms with van der Waals surface area (Å²) in [6, 6.07) is 16.8. The maximum Gasteiger partial charge on any atom is 0.261 e. The number of amides is 1. The average molecular weight is 408 g/mol. The van der Waals surface area contributed by atoms with Gasteiger partial charge < -0.3 is 10.1 Å². The quantitative estimate of drug-likeness (QED) is 0.654. The molecule has 0 atom stereocenters. The molecule has 1 aliphatic heterocycles. The van der Waals surface area contributed by atoms with Crippen LogP contribution in [0.2, 0.25) is 0 Å². The number of aryl methyl sites for hydroxylation is 2. The molecular weight excluding hydrogens is 388 g/mol. The Labute approximate surface area is 169 Å². The first-order chi connectivity index (χ1) is 13.9. The lowest BCUT2D eigenvalue weighted by Gasteiger charge is -2.11. The molecule has 1 amide bonds. The van der Waals surface area contributed by atoms with E-state index in [-0.39, 0.29) is 22.1 Å². The number of nitrogens with one attached hydrogen (secondary N) is 2. The molecule has 0 aliphatic carbocycles. The molecule has 148 valence electrons. The summed E-state index contributed by atoms with van der Waals surface area (Å²) >= 11 is 0. The number of ether oxygens (including phenoxy) is 1. The maximum atomic E-state index is 12.7. The molecule has 0 saturated heterocycles. The van der Waals surface area contributed by atoms with Crippen molar-refractivity contribution in [2.75, 3.05) is 10.0 Å². The fourth-order valence-electron chi connectivity index (χ4n) is 3.12. The molecule has 4 rings (SSSR count). The van der Waals surface area contributed by atoms with E-state index in [1.165, 1.54) is 6.07 Å². The van der Waals surface area contributed by atoms with Crippen LogP contribution in [0.1, 0.15) is 28.4 Å². The predicted octanol–water partition coefficient (Wildman–Crippen LogP) is 4.72. The lowest BCUT2D eigenvalue weighted by molar-refractivity contribution is 0.102. The van der Waals surface area contributed by atoms with E-state index in [2.05, 4.69) is 10.0 Å². The van der Waals surface area contributed by atoms with Crippen LogP contribution in [0.5, 0.6) is 11.5 Å². The Morgan fingerprint density at radius 3 is 2.41 bits per heavy atom. The van der Waals surface area contributed by atoms with Crippen LogP contribution in [-0.2, 0) is 16.4 Å². The molecule has 7 heteroatoms. The van der Waals surface area contributed by atoms with Gasteiger partial charge in [0.1, 0.15) is 5.75 Å². The van der Waals surface area contributed by atoms with Crippen molar-refractivity contribution in [3.63, 3.8) is 0 Å². The van der Waals surface area contributed by atoms with Crippen LogP contribution in [-0.4, -0.2) is 14.3 Å². The largest absolute Gasteiger partial charge is 0.454 e. The topological polar surface area (TPSA) is 84.5 Å². The van der Waals surface area contributed by atoms with E-state index in [4.69, 9.17) is 4.74 Å². The van der Waals surface area contributed by atoms with Gasteiger partial charge >= 0.3 is 0 Å². The zero-order chi connectivity index (χ0) is 20.6. The van der Waals surface area contributed by atoms with Crippen molar-refractivity contribution in [2.24, 2.45) is 0 Å². The number of hydrogen-bond donors (Lipinski definition) is 2. The fraction of sp³-hybridized carbons (Fsp3) is 0.136. The van der Waals surface area contributed by atoms with Gasteiger partial charge in [-0.25, -0.2) is 8.42 Å². The van der Waals surface area contributed by atoms with Crippen molar-refractivity contribution < 1.29 is 17.9 Å². The summed E-state index contributed by atoms with van der Waals surface area (Å²) in [5.74, 6) is 0.532. The van der Waals surface area contributed by atoms with Gasteiger partial charge in [0.15, 0.2) is 5.75 Å². The summed E-state index contributed by atoms with van der Waals surface area (Å²) in [6.07, 6.45) is 0.829. The third kappa shape index (κ3) is 3.82. The number of carbonyl (C=O) groups is 1. The van der Waals surface area contributed by atoms with E-state index >= 15 is 0 Å². The van der Waals surface area contributed by atoms with Crippen LogP contribution in [0, 0.1) is 6.92 Å². The number of anilines is 2. The predicted molar refractivity (Wildman–Crippen MR) is 112 cm³/mol. The molecule has 6 nitrogen and oxygen atoms in total. The number of hydrogen-bond acceptors (Lipinski definition) is 4. The molecule has 0 spiro atoms. The number of benzene rings is 3. The van der Waals surface area contributed by atoms with E-state index < -0.39 is 10.0 Å². The molecule has 0 unspecified atom stereocenters. The molecule has 0 radical (unpaired) electrons. The van der Waals surface area contributed by atoms with Gasteiger partial charge in [0, 0.05) is 5.69 Å². The van der Waals surface area contributed by atoms with Crippen LogP contribution in [0.3, 0.4) is 0 Å². The molecule has 1 heterocycles. The molecule has 3 aromatic rings. The molecule has 29 heavy (non-hydrogen) atoms. The third-order valence-corrected chi connectivity index (χ3v) is 6.12. The van der Waals surface area contributed by atoms with Crippen LogP contribution in [0.25, 0.3) is 0 Å². The van der Waals surface area contributed by atoms with Crippen LogP contribution < -0.4 is 14.8 Å². The van der Waals surface area contributed by atoms with E-state index in [0.29, 0.717) is 17.2 Å². The Morgan fingerprint density at radius 2 is 1.69 bits per heavy atom. The second kappa shape index (κ2) is 7.25. The molecule has 1 aliphatic rings. The van der Waals surface area contributed by atoms with Crippen molar-refractivity contribution in [2.45, 2.75) is 25.2 Å². The Morgan fingerprint density at radius 1 is 0.966 bits per heavy atom. The van der Waals surface area contributed by atoms with E-state index in [1.54, 1.807) is 42.5 Å². The molecule has 2 N–H and O–H groups in total. The summed E-state index contributed by atoms with van der Waals surface area (Å²) in [5, 5.41) is 2.81. The maximum absolute atomic E-state index is 12.7. The number of sulfonamides is 1. The van der Waals surface area contributed by atoms with Crippen molar-refractivity contribution in [3.05, 3.63) is 77.4 Å². The Bertz CT molecular complexity index is 1200. The lowest BCUT2D eigenvalue weighted by Crippen LogP contribution is -2.15. The van der Waals surface area contributed by atoms with Crippen molar-refractivity contribution in [1.29, 1.82) is 0 Å². The van der Waals surface area contributed by atoms with Crippen molar-refractivity contribution >= 4 is 27.3 Å². The molecule has 0 saturated carbocycles. The van der Waals surface area contributed by atoms with Crippen molar-refractivity contribution in [1.82, 2.24) is 0 Å². The minimum absolute atomic E-state index is 0.160. The van der Waals surface area contributed by atoms with Gasteiger partial charge in [-0.05, 0) is 66.9 Å². The summed E-state index contributed by atoms with van der Waals surface area (Å²) in [4.78, 5) is 12.8. The lowest BCUT2D eigenvalue weighted by atomic mass is 10.1. The highest BCUT2D eigenvalue weighted by Gasteiger charge is 2.22. The smallest absolute Gasteiger partial charge is 0.261 e. The van der Waals surface area contributed by atoms with Crippen LogP contribution in [0.15, 0.2) is 65.6 Å². The van der Waals surface area contributed by atoms with Gasteiger partial charge in [0.25, 0.3) is 15.9 Å². The summed E-state index contributed by atoms with van der Waals surface area (Å²) in [5.41, 5.74) is 3.15. The van der Waals surface area contributed by atoms with Crippen LogP contribution in [0.4, 0.5) is 11.4 Å². The van der Waals surface area contributed by atoms with Gasteiger partial charge in [-0.15, -0.1) is 0 Å². The van der Waals surface area contributed by atoms with Gasteiger partial charge in [-0.3, -0.25) is 9.52 Å². The van der Waals surface area contributed by atoms with Gasteiger partial charge in [0.2, 0.25) is 0 Å². The number of rotatable bonds is 4. The fourth-order valence-corrected chi connectivity index (χ4v) is 4.17. The number of fused-ring (bicyclic) bond motifs is 2. The second-order valence-corrected chi connectivity index (χ2v) is 8.55. The summed E-state index contributed by atoms with van der Waals surface area (Å²) in [7, 11) is -3.77. The van der Waals surface area contributed by atoms with Crippen LogP contribution >= 0.6 is 0 Å². The highest BCUT2D eigenvalue weighted by atomic mass is 32.2. The SMILES string of the molecule is CCc1ccc(S(=O)(=O)Nc2ccc3c(c2)C(=O)Nc2cc(C)ccc2O3)cc1. The highest BCUT2D eigenvalue weighted by Crippen LogP contribution is 2.37. The van der Waals surface area contributed by atoms with Gasteiger partial charge in [-0.1, -0.05) is 25.1 Å². The molecule has 0 aromatic heterocycles. The average Bonchev–Trinajstić information content (AvgIpc) is 2.83. The second-order valence-electron chi connectivity index (χ2n) is 6.87. The zero-order valence-corrected chi connectivity index (χ0v) is 16.8. The Kier molecular flexibility index (Phi) is 4.76. The summed E-state index contributed by atoms with van der Waals surface area (Å²) in [6.45, 7) is 3.93. The normalized spacial score (nSPS) is 12.8. The summed E-state index contributed by atoms with van der Waals surface area (Å²) < 4.78 is 33.8. The Balaban J connectivity index is 1.64. The van der Waals surface area contributed by atoms with Crippen molar-refractivity contribution in [3.8, 4) is 11.5 Å². The molecular formula is C22H20N2O4S. The van der Waals surface area contributed by atoms with Gasteiger partial charge in [0.05, 0.1) is 16.1 Å². The van der Waals surface area contributed by atoms with Gasteiger partial charge in [-0.2, -0.15) is 0 Å². The third-order valence-electron chi connectivity index (χ3n) is 4.72. The first kappa shape index (κ1) is 19.0. The standard InChI is InChI=1S/C22H20N2O4S/c1-3-15-5-8-17(9-6-15)29(26,27)24-16-7-11-20-18(13-16)22(25)23-19-12-14(2)4-10-21(19)28-20/h4-13,24H,3H2,1-2H3,(H,23,25). The van der Waals surface area contributed by atoms with E-state index in [9.17, 15) is 13.2 Å². The first-order valence-corrected chi connectivity index (χ1v) is 10.7.